The predicted molar refractivity (Wildman–Crippen MR) is 224 cm³/mol. The number of pyridine rings is 1. The largest absolute Gasteiger partial charge is 0.409 e. The van der Waals surface area contributed by atoms with Gasteiger partial charge in [-0.3, -0.25) is 4.98 Å². The van der Waals surface area contributed by atoms with Crippen LogP contribution in [0.4, 0.5) is 24.5 Å². The van der Waals surface area contributed by atoms with Gasteiger partial charge in [-0.2, -0.15) is 13.9 Å². The lowest BCUT2D eigenvalue weighted by Gasteiger charge is -2.37. The molecule has 1 unspecified atom stereocenters. The van der Waals surface area contributed by atoms with Gasteiger partial charge in [0.15, 0.2) is 0 Å². The van der Waals surface area contributed by atoms with Gasteiger partial charge in [0.25, 0.3) is 0 Å². The number of hydrogen-bond acceptors (Lipinski definition) is 10. The van der Waals surface area contributed by atoms with Crippen molar-refractivity contribution in [2.75, 3.05) is 36.0 Å². The summed E-state index contributed by atoms with van der Waals surface area (Å²) in [5.74, 6) is -5.40. The number of ether oxygens (including phenoxy) is 1. The van der Waals surface area contributed by atoms with Gasteiger partial charge in [0.1, 0.15) is 23.3 Å². The monoisotopic (exact) mass is 830 g/mol. The van der Waals surface area contributed by atoms with Gasteiger partial charge >= 0.3 is 11.6 Å². The van der Waals surface area contributed by atoms with Crippen molar-refractivity contribution in [1.82, 2.24) is 39.7 Å². The SMILES string of the molecule is CC[C@@H]([C@H](C)OCc1ccccc1)n1ncn(-c2ccc(N3CCN(c4ccc(-c5ccc(C(F)(F)C(C)(c6ccccc6F)c6nnnn6O)nc5)cc4)CC3)cc2)c1=O. The molecule has 8 rings (SSSR count). The first-order chi connectivity index (χ1) is 29.5. The van der Waals surface area contributed by atoms with Crippen molar-refractivity contribution in [1.29, 1.82) is 0 Å². The van der Waals surface area contributed by atoms with E-state index in [1.165, 1.54) is 41.2 Å². The number of benzene rings is 4. The van der Waals surface area contributed by atoms with Gasteiger partial charge in [0.2, 0.25) is 5.82 Å². The first-order valence-electron chi connectivity index (χ1n) is 20.1. The predicted octanol–water partition coefficient (Wildman–Crippen LogP) is 7.44. The third-order valence-corrected chi connectivity index (χ3v) is 11.7. The second kappa shape index (κ2) is 17.0. The van der Waals surface area contributed by atoms with Gasteiger partial charge in [-0.1, -0.05) is 78.5 Å². The standard InChI is InChI=1S/C45H45F3N10O3/c1-4-40(31(2)61-29-32-10-6-5-7-11-32)57-43(59)56(30-50-57)37-21-19-36(20-22-37)55-26-24-54(25-27-55)35-17-14-33(15-18-35)34-16-23-41(49-28-34)45(47,48)44(3,42-51-52-53-58(42)60)38-12-8-9-13-39(38)46/h5-23,28,30-31,40,60H,4,24-27,29H2,1-3H3/t31-,40-,44?/m0/s1. The molecule has 4 heterocycles. The number of piperazine rings is 1. The van der Waals surface area contributed by atoms with Gasteiger partial charge in [-0.05, 0) is 90.4 Å². The maximum Gasteiger partial charge on any atom is 0.350 e. The molecular formula is C45H45F3N10O3. The summed E-state index contributed by atoms with van der Waals surface area (Å²) in [5.41, 5.74) is 1.51. The highest BCUT2D eigenvalue weighted by Gasteiger charge is 2.59. The zero-order valence-corrected chi connectivity index (χ0v) is 33.9. The Bertz CT molecular complexity index is 2610. The Kier molecular flexibility index (Phi) is 11.4. The third-order valence-electron chi connectivity index (χ3n) is 11.7. The topological polar surface area (TPSA) is 132 Å². The Morgan fingerprint density at radius 3 is 2.00 bits per heavy atom. The number of aromatic nitrogens is 8. The summed E-state index contributed by atoms with van der Waals surface area (Å²) >= 11 is 0. The summed E-state index contributed by atoms with van der Waals surface area (Å²) in [6.07, 6.45) is 3.39. The Morgan fingerprint density at radius 1 is 0.803 bits per heavy atom. The Hall–Kier alpha value is -6.81. The molecule has 1 aliphatic rings. The van der Waals surface area contributed by atoms with Gasteiger partial charge in [-0.25, -0.2) is 18.4 Å². The number of anilines is 2. The van der Waals surface area contributed by atoms with E-state index in [0.29, 0.717) is 18.6 Å². The van der Waals surface area contributed by atoms with Gasteiger partial charge < -0.3 is 19.7 Å². The van der Waals surface area contributed by atoms with Crippen molar-refractivity contribution < 1.29 is 23.1 Å². The molecule has 0 aliphatic carbocycles. The van der Waals surface area contributed by atoms with Crippen molar-refractivity contribution in [2.24, 2.45) is 0 Å². The summed E-state index contributed by atoms with van der Waals surface area (Å²) in [5, 5.41) is 24.9. The minimum Gasteiger partial charge on any atom is -0.409 e. The zero-order valence-electron chi connectivity index (χ0n) is 33.9. The molecule has 0 bridgehead atoms. The van der Waals surface area contributed by atoms with Crippen LogP contribution >= 0.6 is 0 Å². The lowest BCUT2D eigenvalue weighted by atomic mass is 9.74. The van der Waals surface area contributed by atoms with Crippen LogP contribution in [0, 0.1) is 5.82 Å². The second-order valence-electron chi connectivity index (χ2n) is 15.2. The summed E-state index contributed by atoms with van der Waals surface area (Å²) < 4.78 is 57.2. The molecular weight excluding hydrogens is 786 g/mol. The van der Waals surface area contributed by atoms with E-state index in [1.54, 1.807) is 10.9 Å². The molecule has 0 saturated carbocycles. The van der Waals surface area contributed by atoms with E-state index < -0.39 is 34.2 Å². The van der Waals surface area contributed by atoms with Crippen molar-refractivity contribution in [2.45, 2.75) is 57.3 Å². The molecule has 1 saturated heterocycles. The van der Waals surface area contributed by atoms with Crippen LogP contribution in [0.3, 0.4) is 0 Å². The maximum atomic E-state index is 16.5. The molecule has 1 N–H and O–H groups in total. The van der Waals surface area contributed by atoms with Crippen LogP contribution in [-0.2, 0) is 22.7 Å². The van der Waals surface area contributed by atoms with Crippen LogP contribution in [0.15, 0.2) is 133 Å². The molecule has 4 aromatic carbocycles. The van der Waals surface area contributed by atoms with Crippen LogP contribution < -0.4 is 15.5 Å². The number of tetrazole rings is 1. The van der Waals surface area contributed by atoms with E-state index in [1.807, 2.05) is 92.7 Å². The number of rotatable bonds is 14. The highest BCUT2D eigenvalue weighted by molar-refractivity contribution is 5.66. The highest BCUT2D eigenvalue weighted by atomic mass is 19.3. The molecule has 314 valence electrons. The van der Waals surface area contributed by atoms with Crippen molar-refractivity contribution >= 4 is 11.4 Å². The van der Waals surface area contributed by atoms with Gasteiger partial charge in [0.05, 0.1) is 24.4 Å². The fourth-order valence-electron chi connectivity index (χ4n) is 8.04. The maximum absolute atomic E-state index is 16.5. The Labute approximate surface area is 350 Å². The van der Waals surface area contributed by atoms with Crippen molar-refractivity contribution in [3.63, 3.8) is 0 Å². The molecule has 0 spiro atoms. The zero-order chi connectivity index (χ0) is 42.7. The molecule has 0 radical (unpaired) electrons. The first-order valence-corrected chi connectivity index (χ1v) is 20.1. The number of halogens is 3. The van der Waals surface area contributed by atoms with E-state index in [9.17, 15) is 10.0 Å². The molecule has 13 nitrogen and oxygen atoms in total. The number of nitrogens with zero attached hydrogens (tertiary/aromatic N) is 10. The lowest BCUT2D eigenvalue weighted by Crippen LogP contribution is -2.46. The van der Waals surface area contributed by atoms with E-state index >= 15 is 13.2 Å². The molecule has 3 aromatic heterocycles. The summed E-state index contributed by atoms with van der Waals surface area (Å²) in [4.78, 5) is 22.4. The molecule has 3 atom stereocenters. The van der Waals surface area contributed by atoms with Crippen LogP contribution in [0.2, 0.25) is 0 Å². The molecule has 7 aromatic rings. The van der Waals surface area contributed by atoms with Crippen molar-refractivity contribution in [3.8, 4) is 16.8 Å². The molecule has 16 heteroatoms. The van der Waals surface area contributed by atoms with Gasteiger partial charge in [-0.15, -0.1) is 5.10 Å². The van der Waals surface area contributed by atoms with E-state index in [4.69, 9.17) is 4.74 Å². The molecule has 1 fully saturated rings. The number of hydrogen-bond donors (Lipinski definition) is 1. The van der Waals surface area contributed by atoms with Crippen LogP contribution in [0.25, 0.3) is 16.8 Å². The first kappa shape index (κ1) is 40.9. The lowest BCUT2D eigenvalue weighted by molar-refractivity contribution is -0.0784. The minimum atomic E-state index is -3.85. The number of alkyl halides is 2. The van der Waals surface area contributed by atoms with E-state index in [0.717, 1.165) is 67.4 Å². The molecule has 0 amide bonds. The van der Waals surface area contributed by atoms with Crippen LogP contribution in [0.5, 0.6) is 0 Å². The fraction of sp³-hybridized carbons (Fsp3) is 0.289. The average Bonchev–Trinajstić information content (AvgIpc) is 3.91. The summed E-state index contributed by atoms with van der Waals surface area (Å²) in [7, 11) is 0. The highest BCUT2D eigenvalue weighted by Crippen LogP contribution is 2.50. The summed E-state index contributed by atoms with van der Waals surface area (Å²) in [6.45, 7) is 8.65. The Balaban J connectivity index is 0.891. The van der Waals surface area contributed by atoms with E-state index in [-0.39, 0.29) is 22.7 Å². The second-order valence-corrected chi connectivity index (χ2v) is 15.2. The van der Waals surface area contributed by atoms with E-state index in [2.05, 4.69) is 35.4 Å². The molecule has 1 aliphatic heterocycles. The van der Waals surface area contributed by atoms with Crippen LogP contribution in [0.1, 0.15) is 55.9 Å². The minimum absolute atomic E-state index is 0.129. The third kappa shape index (κ3) is 7.86. The fourth-order valence-corrected chi connectivity index (χ4v) is 8.04. The van der Waals surface area contributed by atoms with Crippen molar-refractivity contribution in [3.05, 3.63) is 167 Å². The Morgan fingerprint density at radius 2 is 1.41 bits per heavy atom. The van der Waals surface area contributed by atoms with Gasteiger partial charge in [0, 0.05) is 54.9 Å². The summed E-state index contributed by atoms with van der Waals surface area (Å²) in [6, 6.07) is 33.3. The smallest absolute Gasteiger partial charge is 0.350 e. The van der Waals surface area contributed by atoms with Crippen LogP contribution in [-0.4, -0.2) is 77.2 Å². The average molecular weight is 831 g/mol. The molecule has 61 heavy (non-hydrogen) atoms. The normalized spacial score (nSPS) is 15.4. The quantitative estimate of drug-likeness (QED) is 0.110.